The van der Waals surface area contributed by atoms with Crippen molar-refractivity contribution in [2.45, 2.75) is 19.4 Å². The van der Waals surface area contributed by atoms with Crippen LogP contribution >= 0.6 is 12.4 Å². The van der Waals surface area contributed by atoms with E-state index in [4.69, 9.17) is 5.73 Å². The molecule has 0 saturated carbocycles. The molecule has 1 fully saturated rings. The first-order valence-corrected chi connectivity index (χ1v) is 7.91. The number of nitrogens with one attached hydrogen (secondary N) is 1. The summed E-state index contributed by atoms with van der Waals surface area (Å²) in [6.45, 7) is 3.84. The van der Waals surface area contributed by atoms with Gasteiger partial charge in [-0.3, -0.25) is 9.59 Å². The molecule has 0 aliphatic carbocycles. The van der Waals surface area contributed by atoms with E-state index in [0.717, 1.165) is 16.5 Å². The highest BCUT2D eigenvalue weighted by Gasteiger charge is 2.26. The summed E-state index contributed by atoms with van der Waals surface area (Å²) in [4.78, 5) is 30.6. The normalized spacial score (nSPS) is 15.9. The molecule has 7 heteroatoms. The molecule has 3 N–H and O–H groups in total. The lowest BCUT2D eigenvalue weighted by Crippen LogP contribution is -2.54. The van der Waals surface area contributed by atoms with Crippen LogP contribution in [0.15, 0.2) is 30.5 Å². The number of hydrogen-bond acceptors (Lipinski definition) is 3. The average molecular weight is 351 g/mol. The summed E-state index contributed by atoms with van der Waals surface area (Å²) in [6, 6.07) is 7.44. The number of benzene rings is 1. The standard InChI is InChI=1S/C17H22N4O2.ClH/c1-12(22)20-6-8-21(9-7-20)17(23)15(18)10-13-11-19-16-5-3-2-4-14(13)16;/h2-5,11,15,19H,6-10,18H2,1H3;1H/t15-;/m0./s1. The molecule has 0 unspecified atom stereocenters. The number of rotatable bonds is 3. The maximum Gasteiger partial charge on any atom is 0.239 e. The van der Waals surface area contributed by atoms with Gasteiger partial charge in [0.1, 0.15) is 0 Å². The van der Waals surface area contributed by atoms with Gasteiger partial charge in [0.05, 0.1) is 6.04 Å². The van der Waals surface area contributed by atoms with Gasteiger partial charge in [-0.25, -0.2) is 0 Å². The van der Waals surface area contributed by atoms with Crippen LogP contribution in [0.5, 0.6) is 0 Å². The number of nitrogens with two attached hydrogens (primary N) is 1. The highest BCUT2D eigenvalue weighted by molar-refractivity contribution is 5.86. The number of carbonyl (C=O) groups is 2. The predicted molar refractivity (Wildman–Crippen MR) is 96.1 cm³/mol. The number of para-hydroxylation sites is 1. The molecular weight excluding hydrogens is 328 g/mol. The topological polar surface area (TPSA) is 82.4 Å². The molecule has 1 aliphatic heterocycles. The molecule has 0 bridgehead atoms. The van der Waals surface area contributed by atoms with Gasteiger partial charge in [-0.2, -0.15) is 0 Å². The van der Waals surface area contributed by atoms with Gasteiger partial charge < -0.3 is 20.5 Å². The molecule has 24 heavy (non-hydrogen) atoms. The number of fused-ring (bicyclic) bond motifs is 1. The van der Waals surface area contributed by atoms with E-state index in [0.29, 0.717) is 32.6 Å². The smallest absolute Gasteiger partial charge is 0.239 e. The second-order valence-corrected chi connectivity index (χ2v) is 6.00. The monoisotopic (exact) mass is 350 g/mol. The Hall–Kier alpha value is -2.05. The van der Waals surface area contributed by atoms with Crippen LogP contribution < -0.4 is 5.73 Å². The lowest BCUT2D eigenvalue weighted by Gasteiger charge is -2.35. The highest BCUT2D eigenvalue weighted by atomic mass is 35.5. The minimum Gasteiger partial charge on any atom is -0.361 e. The molecule has 1 atom stereocenters. The quantitative estimate of drug-likeness (QED) is 0.871. The number of hydrogen-bond donors (Lipinski definition) is 2. The minimum absolute atomic E-state index is 0. The summed E-state index contributed by atoms with van der Waals surface area (Å²) in [7, 11) is 0. The second-order valence-electron chi connectivity index (χ2n) is 6.00. The Morgan fingerprint density at radius 1 is 1.17 bits per heavy atom. The third kappa shape index (κ3) is 3.71. The van der Waals surface area contributed by atoms with Crippen LogP contribution in [0.1, 0.15) is 12.5 Å². The fourth-order valence-electron chi connectivity index (χ4n) is 3.10. The molecule has 1 aromatic heterocycles. The van der Waals surface area contributed by atoms with E-state index in [-0.39, 0.29) is 24.2 Å². The zero-order valence-corrected chi connectivity index (χ0v) is 14.5. The van der Waals surface area contributed by atoms with Gasteiger partial charge in [-0.15, -0.1) is 12.4 Å². The van der Waals surface area contributed by atoms with Crippen LogP contribution in [0.3, 0.4) is 0 Å². The van der Waals surface area contributed by atoms with E-state index < -0.39 is 6.04 Å². The minimum atomic E-state index is -0.557. The maximum atomic E-state index is 12.5. The van der Waals surface area contributed by atoms with Crippen molar-refractivity contribution in [1.29, 1.82) is 0 Å². The molecule has 2 heterocycles. The van der Waals surface area contributed by atoms with Gasteiger partial charge in [0.2, 0.25) is 11.8 Å². The van der Waals surface area contributed by atoms with Crippen molar-refractivity contribution in [3.63, 3.8) is 0 Å². The van der Waals surface area contributed by atoms with Crippen molar-refractivity contribution >= 4 is 35.1 Å². The number of amides is 2. The lowest BCUT2D eigenvalue weighted by atomic mass is 10.0. The first-order valence-electron chi connectivity index (χ1n) is 7.91. The molecule has 0 radical (unpaired) electrons. The molecule has 130 valence electrons. The summed E-state index contributed by atoms with van der Waals surface area (Å²) in [5.41, 5.74) is 8.25. The van der Waals surface area contributed by atoms with Gasteiger partial charge >= 0.3 is 0 Å². The Morgan fingerprint density at radius 3 is 2.46 bits per heavy atom. The van der Waals surface area contributed by atoms with Gasteiger partial charge in [0.15, 0.2) is 0 Å². The molecule has 1 saturated heterocycles. The third-order valence-electron chi connectivity index (χ3n) is 4.47. The van der Waals surface area contributed by atoms with Gasteiger partial charge in [-0.1, -0.05) is 18.2 Å². The zero-order valence-electron chi connectivity index (χ0n) is 13.7. The van der Waals surface area contributed by atoms with Crippen LogP contribution in [0, 0.1) is 0 Å². The van der Waals surface area contributed by atoms with Crippen molar-refractivity contribution in [1.82, 2.24) is 14.8 Å². The van der Waals surface area contributed by atoms with E-state index in [9.17, 15) is 9.59 Å². The van der Waals surface area contributed by atoms with E-state index in [2.05, 4.69) is 4.98 Å². The number of nitrogens with zero attached hydrogens (tertiary/aromatic N) is 2. The van der Waals surface area contributed by atoms with Crippen LogP contribution in [0.4, 0.5) is 0 Å². The van der Waals surface area contributed by atoms with Gasteiger partial charge in [0.25, 0.3) is 0 Å². The number of H-pyrrole nitrogens is 1. The summed E-state index contributed by atoms with van der Waals surface area (Å²) in [5, 5.41) is 1.11. The molecule has 3 rings (SSSR count). The first-order chi connectivity index (χ1) is 11.1. The Bertz CT molecular complexity index is 722. The predicted octanol–water partition coefficient (Wildman–Crippen LogP) is 1.15. The SMILES string of the molecule is CC(=O)N1CCN(C(=O)[C@@H](N)Cc2c[nH]c3ccccc23)CC1.Cl. The summed E-state index contributed by atoms with van der Waals surface area (Å²) >= 11 is 0. The molecule has 1 aliphatic rings. The van der Waals surface area contributed by atoms with Crippen LogP contribution in [-0.4, -0.2) is 58.8 Å². The van der Waals surface area contributed by atoms with Crippen molar-refractivity contribution in [3.8, 4) is 0 Å². The number of aromatic amines is 1. The molecule has 0 spiro atoms. The highest BCUT2D eigenvalue weighted by Crippen LogP contribution is 2.19. The summed E-state index contributed by atoms with van der Waals surface area (Å²) < 4.78 is 0. The summed E-state index contributed by atoms with van der Waals surface area (Å²) in [5.74, 6) is 0.0127. The fourth-order valence-corrected chi connectivity index (χ4v) is 3.10. The Morgan fingerprint density at radius 2 is 1.79 bits per heavy atom. The second kappa shape index (κ2) is 7.68. The van der Waals surface area contributed by atoms with Gasteiger partial charge in [-0.05, 0) is 18.1 Å². The van der Waals surface area contributed by atoms with E-state index in [1.54, 1.807) is 16.7 Å². The lowest BCUT2D eigenvalue weighted by molar-refractivity contribution is -0.139. The van der Waals surface area contributed by atoms with Crippen molar-refractivity contribution in [2.75, 3.05) is 26.2 Å². The van der Waals surface area contributed by atoms with Crippen LogP contribution in [0.2, 0.25) is 0 Å². The Balaban J connectivity index is 0.00000208. The molecule has 1 aromatic carbocycles. The first kappa shape index (κ1) is 18.3. The number of aromatic nitrogens is 1. The van der Waals surface area contributed by atoms with Crippen molar-refractivity contribution < 1.29 is 9.59 Å². The summed E-state index contributed by atoms with van der Waals surface area (Å²) in [6.07, 6.45) is 2.43. The third-order valence-corrected chi connectivity index (χ3v) is 4.47. The van der Waals surface area contributed by atoms with Crippen LogP contribution in [-0.2, 0) is 16.0 Å². The largest absolute Gasteiger partial charge is 0.361 e. The van der Waals surface area contributed by atoms with E-state index in [1.807, 2.05) is 30.5 Å². The zero-order chi connectivity index (χ0) is 16.4. The molecule has 2 amide bonds. The van der Waals surface area contributed by atoms with Gasteiger partial charge in [0, 0.05) is 50.2 Å². The maximum absolute atomic E-state index is 12.5. The number of halogens is 1. The average Bonchev–Trinajstić information content (AvgIpc) is 2.97. The van der Waals surface area contributed by atoms with E-state index in [1.165, 1.54) is 0 Å². The molecular formula is C17H23ClN4O2. The van der Waals surface area contributed by atoms with Crippen LogP contribution in [0.25, 0.3) is 10.9 Å². The fraction of sp³-hybridized carbons (Fsp3) is 0.412. The number of piperazine rings is 1. The molecule has 6 nitrogen and oxygen atoms in total. The van der Waals surface area contributed by atoms with E-state index >= 15 is 0 Å². The van der Waals surface area contributed by atoms with Crippen molar-refractivity contribution in [2.24, 2.45) is 5.73 Å². The number of carbonyl (C=O) groups excluding carboxylic acids is 2. The Kier molecular flexibility index (Phi) is 5.85. The Labute approximate surface area is 147 Å². The van der Waals surface area contributed by atoms with Crippen molar-refractivity contribution in [3.05, 3.63) is 36.0 Å². The molecule has 2 aromatic rings.